The van der Waals surface area contributed by atoms with Crippen molar-refractivity contribution in [1.29, 1.82) is 0 Å². The highest BCUT2D eigenvalue weighted by Gasteiger charge is 2.08. The fourth-order valence-corrected chi connectivity index (χ4v) is 2.08. The van der Waals surface area contributed by atoms with Crippen LogP contribution in [0, 0.1) is 5.82 Å². The Kier molecular flexibility index (Phi) is 4.63. The molecule has 0 saturated heterocycles. The maximum absolute atomic E-state index is 13.5. The Morgan fingerprint density at radius 1 is 1.20 bits per heavy atom. The number of Topliss-reactive ketones (excluding diaryl/α,β-unsaturated/α-hetero) is 1. The van der Waals surface area contributed by atoms with E-state index in [9.17, 15) is 9.18 Å². The molecule has 0 aliphatic rings. The molecule has 0 atom stereocenters. The number of ether oxygens (including phenoxy) is 1. The fourth-order valence-electron chi connectivity index (χ4n) is 1.65. The molecule has 104 valence electrons. The average molecular weight is 313 g/mol. The molecule has 5 heteroatoms. The summed E-state index contributed by atoms with van der Waals surface area (Å²) in [6.45, 7) is 1.46. The van der Waals surface area contributed by atoms with Crippen LogP contribution in [0.4, 0.5) is 4.39 Å². The number of rotatable bonds is 4. The number of carbonyl (C=O) groups excluding carboxylic acids is 1. The number of benzene rings is 2. The van der Waals surface area contributed by atoms with Crippen LogP contribution in [-0.2, 0) is 6.61 Å². The molecule has 0 fully saturated rings. The van der Waals surface area contributed by atoms with Crippen molar-refractivity contribution in [3.8, 4) is 5.75 Å². The monoisotopic (exact) mass is 312 g/mol. The molecule has 20 heavy (non-hydrogen) atoms. The third-order valence-electron chi connectivity index (χ3n) is 2.73. The zero-order valence-corrected chi connectivity index (χ0v) is 12.1. The van der Waals surface area contributed by atoms with Gasteiger partial charge in [-0.05, 0) is 43.3 Å². The molecule has 0 N–H and O–H groups in total. The third kappa shape index (κ3) is 3.50. The molecule has 0 aliphatic carbocycles. The highest BCUT2D eigenvalue weighted by molar-refractivity contribution is 6.32. The zero-order chi connectivity index (χ0) is 14.7. The van der Waals surface area contributed by atoms with Gasteiger partial charge in [-0.15, -0.1) is 0 Å². The largest absolute Gasteiger partial charge is 0.487 e. The minimum atomic E-state index is -0.397. The Hall–Kier alpha value is -1.58. The maximum atomic E-state index is 13.5. The van der Waals surface area contributed by atoms with Crippen molar-refractivity contribution >= 4 is 29.0 Å². The van der Waals surface area contributed by atoms with Gasteiger partial charge in [-0.25, -0.2) is 4.39 Å². The van der Waals surface area contributed by atoms with Crippen molar-refractivity contribution in [2.45, 2.75) is 13.5 Å². The highest BCUT2D eigenvalue weighted by atomic mass is 35.5. The molecule has 0 spiro atoms. The van der Waals surface area contributed by atoms with Crippen molar-refractivity contribution in [3.05, 3.63) is 63.4 Å². The van der Waals surface area contributed by atoms with Gasteiger partial charge in [0, 0.05) is 16.1 Å². The summed E-state index contributed by atoms with van der Waals surface area (Å²) in [5.41, 5.74) is 0.834. The lowest BCUT2D eigenvalue weighted by atomic mass is 10.1. The summed E-state index contributed by atoms with van der Waals surface area (Å²) < 4.78 is 19.0. The van der Waals surface area contributed by atoms with Crippen LogP contribution in [0.25, 0.3) is 0 Å². The van der Waals surface area contributed by atoms with Gasteiger partial charge >= 0.3 is 0 Å². The first-order valence-corrected chi connectivity index (χ1v) is 6.60. The summed E-state index contributed by atoms with van der Waals surface area (Å²) >= 11 is 11.8. The van der Waals surface area contributed by atoms with Gasteiger partial charge in [-0.3, -0.25) is 4.79 Å². The van der Waals surface area contributed by atoms with Gasteiger partial charge in [0.2, 0.25) is 0 Å². The quantitative estimate of drug-likeness (QED) is 0.749. The molecule has 0 heterocycles. The first-order chi connectivity index (χ1) is 9.47. The second-order valence-electron chi connectivity index (χ2n) is 4.23. The van der Waals surface area contributed by atoms with E-state index in [1.807, 2.05) is 0 Å². The molecule has 2 rings (SSSR count). The van der Waals surface area contributed by atoms with E-state index in [4.69, 9.17) is 27.9 Å². The molecule has 0 saturated carbocycles. The Labute approximate surface area is 126 Å². The molecule has 2 nitrogen and oxygen atoms in total. The minimum Gasteiger partial charge on any atom is -0.487 e. The summed E-state index contributed by atoms with van der Waals surface area (Å²) in [4.78, 5) is 11.2. The fraction of sp³-hybridized carbons (Fsp3) is 0.133. The molecule has 0 bridgehead atoms. The van der Waals surface area contributed by atoms with Crippen molar-refractivity contribution in [2.24, 2.45) is 0 Å². The predicted molar refractivity (Wildman–Crippen MR) is 77.2 cm³/mol. The van der Waals surface area contributed by atoms with E-state index < -0.39 is 5.82 Å². The van der Waals surface area contributed by atoms with Crippen LogP contribution in [0.5, 0.6) is 5.75 Å². The zero-order valence-electron chi connectivity index (χ0n) is 10.6. The number of hydrogen-bond donors (Lipinski definition) is 0. The molecular formula is C15H11Cl2FO2. The molecule has 0 aliphatic heterocycles. The number of ketones is 1. The van der Waals surface area contributed by atoms with Gasteiger partial charge < -0.3 is 4.74 Å². The number of hydrogen-bond acceptors (Lipinski definition) is 2. The maximum Gasteiger partial charge on any atom is 0.159 e. The summed E-state index contributed by atoms with van der Waals surface area (Å²) in [6, 6.07) is 8.96. The lowest BCUT2D eigenvalue weighted by Gasteiger charge is -2.10. The lowest BCUT2D eigenvalue weighted by Crippen LogP contribution is -2.00. The summed E-state index contributed by atoms with van der Waals surface area (Å²) in [5.74, 6) is -0.0961. The molecule has 0 aromatic heterocycles. The molecule has 0 amide bonds. The van der Waals surface area contributed by atoms with Crippen molar-refractivity contribution in [1.82, 2.24) is 0 Å². The van der Waals surface area contributed by atoms with E-state index in [-0.39, 0.29) is 12.4 Å². The van der Waals surface area contributed by atoms with Crippen LogP contribution in [0.1, 0.15) is 22.8 Å². The molecule has 2 aromatic rings. The van der Waals surface area contributed by atoms with Gasteiger partial charge in [0.15, 0.2) is 5.78 Å². The van der Waals surface area contributed by atoms with E-state index in [0.717, 1.165) is 0 Å². The summed E-state index contributed by atoms with van der Waals surface area (Å²) in [7, 11) is 0. The van der Waals surface area contributed by atoms with Gasteiger partial charge in [-0.1, -0.05) is 23.2 Å². The smallest absolute Gasteiger partial charge is 0.159 e. The van der Waals surface area contributed by atoms with Gasteiger partial charge in [0.1, 0.15) is 18.2 Å². The van der Waals surface area contributed by atoms with E-state index in [2.05, 4.69) is 0 Å². The van der Waals surface area contributed by atoms with Gasteiger partial charge in [0.05, 0.1) is 5.02 Å². The van der Waals surface area contributed by atoms with Gasteiger partial charge in [-0.2, -0.15) is 0 Å². The Morgan fingerprint density at radius 3 is 2.60 bits per heavy atom. The normalized spacial score (nSPS) is 10.4. The van der Waals surface area contributed by atoms with Crippen molar-refractivity contribution < 1.29 is 13.9 Å². The van der Waals surface area contributed by atoms with Crippen LogP contribution < -0.4 is 4.74 Å². The number of carbonyl (C=O) groups is 1. The van der Waals surface area contributed by atoms with Crippen LogP contribution in [0.15, 0.2) is 36.4 Å². The van der Waals surface area contributed by atoms with Crippen LogP contribution in [0.2, 0.25) is 10.0 Å². The van der Waals surface area contributed by atoms with Crippen molar-refractivity contribution in [3.63, 3.8) is 0 Å². The first-order valence-electron chi connectivity index (χ1n) is 5.84. The molecular weight excluding hydrogens is 302 g/mol. The van der Waals surface area contributed by atoms with Gasteiger partial charge in [0.25, 0.3) is 0 Å². The van der Waals surface area contributed by atoms with E-state index >= 15 is 0 Å². The Bertz CT molecular complexity index is 656. The standard InChI is InChI=1S/C15H11Cl2FO2/c1-9(19)10-2-5-15(13(17)7-10)20-8-11-6-12(16)3-4-14(11)18/h2-7H,8H2,1H3. The van der Waals surface area contributed by atoms with Crippen LogP contribution in [0.3, 0.4) is 0 Å². The number of halogens is 3. The minimum absolute atomic E-state index is 0.00549. The average Bonchev–Trinajstić information content (AvgIpc) is 2.40. The molecule has 0 unspecified atom stereocenters. The lowest BCUT2D eigenvalue weighted by molar-refractivity contribution is 0.101. The Morgan fingerprint density at radius 2 is 1.95 bits per heavy atom. The van der Waals surface area contributed by atoms with E-state index in [1.54, 1.807) is 12.1 Å². The predicted octanol–water partition coefficient (Wildman–Crippen LogP) is 4.91. The second kappa shape index (κ2) is 6.25. The Balaban J connectivity index is 2.15. The van der Waals surface area contributed by atoms with E-state index in [1.165, 1.54) is 31.2 Å². The van der Waals surface area contributed by atoms with E-state index in [0.29, 0.717) is 26.9 Å². The van der Waals surface area contributed by atoms with Crippen LogP contribution >= 0.6 is 23.2 Å². The summed E-state index contributed by atoms with van der Waals surface area (Å²) in [5, 5.41) is 0.739. The molecule has 0 radical (unpaired) electrons. The second-order valence-corrected chi connectivity index (χ2v) is 5.07. The molecule has 2 aromatic carbocycles. The third-order valence-corrected chi connectivity index (χ3v) is 3.26. The van der Waals surface area contributed by atoms with Crippen molar-refractivity contribution in [2.75, 3.05) is 0 Å². The van der Waals surface area contributed by atoms with Crippen LogP contribution in [-0.4, -0.2) is 5.78 Å². The first kappa shape index (κ1) is 14.8. The SMILES string of the molecule is CC(=O)c1ccc(OCc2cc(Cl)ccc2F)c(Cl)c1. The highest BCUT2D eigenvalue weighted by Crippen LogP contribution is 2.27. The summed E-state index contributed by atoms with van der Waals surface area (Å²) in [6.07, 6.45) is 0. The topological polar surface area (TPSA) is 26.3 Å².